The number of nitrogens with zero attached hydrogens (tertiary/aromatic N) is 2. The second-order valence-corrected chi connectivity index (χ2v) is 8.80. The van der Waals surface area contributed by atoms with E-state index in [2.05, 4.69) is 0 Å². The van der Waals surface area contributed by atoms with Gasteiger partial charge in [-0.05, 0) is 36.2 Å². The van der Waals surface area contributed by atoms with Crippen LogP contribution in [0, 0.1) is 0 Å². The number of carbonyl (C=O) groups is 3. The second-order valence-electron chi connectivity index (χ2n) is 7.99. The van der Waals surface area contributed by atoms with Crippen LogP contribution < -0.4 is 9.47 Å². The van der Waals surface area contributed by atoms with Crippen molar-refractivity contribution in [1.82, 2.24) is 9.80 Å². The highest BCUT2D eigenvalue weighted by Crippen LogP contribution is 2.38. The topological polar surface area (TPSA) is 76.2 Å². The fourth-order valence-corrected chi connectivity index (χ4v) is 3.99. The molecule has 0 heterocycles. The molecule has 0 spiro atoms. The van der Waals surface area contributed by atoms with Crippen molar-refractivity contribution < 1.29 is 37.0 Å². The van der Waals surface area contributed by atoms with Crippen molar-refractivity contribution in [3.8, 4) is 11.5 Å². The van der Waals surface area contributed by atoms with Crippen LogP contribution in [-0.4, -0.2) is 62.0 Å². The highest BCUT2D eigenvalue weighted by atomic mass is 35.5. The molecule has 0 radical (unpaired) electrons. The first-order valence-corrected chi connectivity index (χ1v) is 11.4. The predicted octanol–water partition coefficient (Wildman–Crippen LogP) is 5.72. The molecule has 0 unspecified atom stereocenters. The lowest BCUT2D eigenvalue weighted by Crippen LogP contribution is -2.55. The summed E-state index contributed by atoms with van der Waals surface area (Å²) < 4.78 is 49.4. The first-order valence-electron chi connectivity index (χ1n) is 10.6. The Morgan fingerprint density at radius 3 is 2.22 bits per heavy atom. The molecule has 12 heteroatoms. The quantitative estimate of drug-likeness (QED) is 0.355. The maximum Gasteiger partial charge on any atom is 0.415 e. The van der Waals surface area contributed by atoms with Gasteiger partial charge in [0.15, 0.2) is 11.5 Å². The van der Waals surface area contributed by atoms with Crippen molar-refractivity contribution >= 4 is 41.5 Å². The summed E-state index contributed by atoms with van der Waals surface area (Å²) in [6.07, 6.45) is -6.88. The number of likely N-dealkylation sites (N-methyl/N-ethyl adjacent to an activating group) is 2. The molecule has 0 N–H and O–H groups in total. The Morgan fingerprint density at radius 2 is 1.67 bits per heavy atom. The molecule has 7 nitrogen and oxygen atoms in total. The summed E-state index contributed by atoms with van der Waals surface area (Å²) >= 11 is 12.3. The first kappa shape index (κ1) is 29.3. The molecule has 0 fully saturated rings. The first-order chi connectivity index (χ1) is 16.8. The maximum atomic E-state index is 13.3. The van der Waals surface area contributed by atoms with Crippen molar-refractivity contribution in [2.75, 3.05) is 27.7 Å². The van der Waals surface area contributed by atoms with Gasteiger partial charge in [0.1, 0.15) is 12.7 Å². The van der Waals surface area contributed by atoms with Crippen LogP contribution in [0.25, 0.3) is 0 Å². The average Bonchev–Trinajstić information content (AvgIpc) is 2.82. The maximum absolute atomic E-state index is 13.3. The lowest BCUT2D eigenvalue weighted by Gasteiger charge is -2.44. The Morgan fingerprint density at radius 1 is 1.03 bits per heavy atom. The van der Waals surface area contributed by atoms with Crippen LogP contribution >= 0.6 is 23.2 Å². The van der Waals surface area contributed by atoms with Crippen LogP contribution in [0.3, 0.4) is 0 Å². The molecule has 0 aliphatic rings. The normalized spacial score (nSPS) is 12.9. The third-order valence-corrected chi connectivity index (χ3v) is 6.33. The third-order valence-electron chi connectivity index (χ3n) is 5.59. The number of hydrogen-bond donors (Lipinski definition) is 0. The Hall–Kier alpha value is -2.98. The van der Waals surface area contributed by atoms with E-state index in [-0.39, 0.29) is 34.4 Å². The Labute approximate surface area is 216 Å². The fraction of sp³-hybridized carbons (Fsp3) is 0.375. The van der Waals surface area contributed by atoms with Crippen LogP contribution in [0.1, 0.15) is 24.8 Å². The molecule has 0 aromatic heterocycles. The molecule has 2 rings (SSSR count). The molecule has 1 atom stereocenters. The van der Waals surface area contributed by atoms with E-state index >= 15 is 0 Å². The van der Waals surface area contributed by atoms with E-state index in [1.54, 1.807) is 18.2 Å². The molecule has 2 amide bonds. The summed E-state index contributed by atoms with van der Waals surface area (Å²) in [5, 5.41) is 0.311. The zero-order chi connectivity index (χ0) is 27.1. The number of aldehydes is 1. The van der Waals surface area contributed by atoms with Gasteiger partial charge < -0.3 is 19.2 Å². The van der Waals surface area contributed by atoms with Crippen LogP contribution in [-0.2, 0) is 15.1 Å². The van der Waals surface area contributed by atoms with Gasteiger partial charge in [0, 0.05) is 27.1 Å². The highest BCUT2D eigenvalue weighted by molar-refractivity contribution is 6.42. The number of halogens is 5. The van der Waals surface area contributed by atoms with Crippen LogP contribution in [0.2, 0.25) is 10.0 Å². The number of ether oxygens (including phenoxy) is 2. The molecule has 2 aromatic carbocycles. The summed E-state index contributed by atoms with van der Waals surface area (Å²) in [7, 11) is 3.93. The fourth-order valence-electron chi connectivity index (χ4n) is 3.69. The monoisotopic (exact) mass is 548 g/mol. The number of alkyl halides is 3. The summed E-state index contributed by atoms with van der Waals surface area (Å²) in [6, 6.07) is 10.8. The van der Waals surface area contributed by atoms with Crippen molar-refractivity contribution in [2.45, 2.75) is 31.0 Å². The van der Waals surface area contributed by atoms with E-state index in [0.29, 0.717) is 11.8 Å². The molecular formula is C24H25Cl2F3N2O5. The lowest BCUT2D eigenvalue weighted by molar-refractivity contribution is -0.161. The predicted molar refractivity (Wildman–Crippen MR) is 129 cm³/mol. The van der Waals surface area contributed by atoms with Crippen molar-refractivity contribution in [3.63, 3.8) is 0 Å². The molecule has 0 aliphatic heterocycles. The summed E-state index contributed by atoms with van der Waals surface area (Å²) in [6.45, 7) is -0.398. The molecule has 0 aliphatic carbocycles. The highest BCUT2D eigenvalue weighted by Gasteiger charge is 2.43. The number of methoxy groups -OCH3 is 1. The molecular weight excluding hydrogens is 524 g/mol. The van der Waals surface area contributed by atoms with Gasteiger partial charge in [0.25, 0.3) is 0 Å². The van der Waals surface area contributed by atoms with E-state index < -0.39 is 36.7 Å². The standard InChI is InChI=1S/C24H25Cl2F3N2O5/c1-30(21(33)14-24(27,28)29)15-23(11-6-12-32,16-9-10-17(25)18(26)13-16)31(2)22(34)36-20-8-5-4-7-19(20)35-3/h4-5,7-10,12-13H,6,11,14-15H2,1-3H3/t23-/m1/s1. The zero-order valence-corrected chi connectivity index (χ0v) is 21.3. The number of para-hydroxylation sites is 2. The van der Waals surface area contributed by atoms with Gasteiger partial charge in [-0.25, -0.2) is 4.79 Å². The Balaban J connectivity index is 2.57. The molecule has 36 heavy (non-hydrogen) atoms. The van der Waals surface area contributed by atoms with Crippen LogP contribution in [0.5, 0.6) is 11.5 Å². The number of rotatable bonds is 10. The molecule has 196 valence electrons. The van der Waals surface area contributed by atoms with Gasteiger partial charge in [-0.2, -0.15) is 13.2 Å². The van der Waals surface area contributed by atoms with E-state index in [0.717, 1.165) is 9.80 Å². The number of amides is 2. The van der Waals surface area contributed by atoms with Crippen molar-refractivity contribution in [3.05, 3.63) is 58.1 Å². The third kappa shape index (κ3) is 7.27. The smallest absolute Gasteiger partial charge is 0.415 e. The van der Waals surface area contributed by atoms with Gasteiger partial charge >= 0.3 is 12.3 Å². The number of benzene rings is 2. The summed E-state index contributed by atoms with van der Waals surface area (Å²) in [5.41, 5.74) is -1.17. The molecule has 0 bridgehead atoms. The second kappa shape index (κ2) is 12.3. The minimum absolute atomic E-state index is 0.0599. The van der Waals surface area contributed by atoms with E-state index in [1.165, 1.54) is 45.5 Å². The van der Waals surface area contributed by atoms with Gasteiger partial charge in [-0.15, -0.1) is 0 Å². The van der Waals surface area contributed by atoms with E-state index in [9.17, 15) is 27.6 Å². The van der Waals surface area contributed by atoms with E-state index in [1.807, 2.05) is 0 Å². The van der Waals surface area contributed by atoms with Gasteiger partial charge in [0.2, 0.25) is 5.91 Å². The largest absolute Gasteiger partial charge is 0.493 e. The molecule has 0 saturated heterocycles. The van der Waals surface area contributed by atoms with Crippen molar-refractivity contribution in [1.29, 1.82) is 0 Å². The Bertz CT molecular complexity index is 1100. The SMILES string of the molecule is COc1ccccc1OC(=O)N(C)[C@](CCC=O)(CN(C)C(=O)CC(F)(F)F)c1ccc(Cl)c(Cl)c1. The minimum Gasteiger partial charge on any atom is -0.493 e. The summed E-state index contributed by atoms with van der Waals surface area (Å²) in [5.74, 6) is -0.855. The molecule has 2 aromatic rings. The van der Waals surface area contributed by atoms with Crippen LogP contribution in [0.4, 0.5) is 18.0 Å². The lowest BCUT2D eigenvalue weighted by atomic mass is 9.83. The van der Waals surface area contributed by atoms with Crippen molar-refractivity contribution in [2.24, 2.45) is 0 Å². The minimum atomic E-state index is -4.73. The Kier molecular flexibility index (Phi) is 10.0. The van der Waals surface area contributed by atoms with Gasteiger partial charge in [-0.1, -0.05) is 41.4 Å². The number of hydrogen-bond acceptors (Lipinski definition) is 5. The van der Waals surface area contributed by atoms with E-state index in [4.69, 9.17) is 32.7 Å². The molecule has 0 saturated carbocycles. The summed E-state index contributed by atoms with van der Waals surface area (Å²) in [4.78, 5) is 39.0. The number of carbonyl (C=O) groups excluding carboxylic acids is 3. The van der Waals surface area contributed by atoms with Crippen LogP contribution in [0.15, 0.2) is 42.5 Å². The zero-order valence-electron chi connectivity index (χ0n) is 19.8. The van der Waals surface area contributed by atoms with Gasteiger partial charge in [0.05, 0.1) is 22.7 Å². The van der Waals surface area contributed by atoms with Gasteiger partial charge in [-0.3, -0.25) is 9.69 Å². The average molecular weight is 549 g/mol.